The smallest absolute Gasteiger partial charge is 0.0533 e. The first-order chi connectivity index (χ1) is 5.77. The van der Waals surface area contributed by atoms with Crippen LogP contribution in [-0.2, 0) is 0 Å². The Kier molecular flexibility index (Phi) is 4.11. The summed E-state index contributed by atoms with van der Waals surface area (Å²) in [5.41, 5.74) is 0.645. The van der Waals surface area contributed by atoms with Crippen LogP contribution < -0.4 is 0 Å². The number of rotatable bonds is 6. The normalized spacial score (nSPS) is 28.5. The van der Waals surface area contributed by atoms with Crippen molar-refractivity contribution in [1.29, 1.82) is 0 Å². The summed E-state index contributed by atoms with van der Waals surface area (Å²) in [6.45, 7) is 4.69. The molecule has 0 N–H and O–H groups in total. The van der Waals surface area contributed by atoms with E-state index in [9.17, 15) is 0 Å². The Morgan fingerprint density at radius 3 is 2.33 bits per heavy atom. The Morgan fingerprint density at radius 2 is 1.83 bits per heavy atom. The lowest BCUT2D eigenvalue weighted by atomic mass is 9.67. The average molecular weight is 167 g/mol. The molecule has 0 spiro atoms. The second-order valence-electron chi connectivity index (χ2n) is 4.56. The van der Waals surface area contributed by atoms with Gasteiger partial charge in [-0.25, -0.2) is 0 Å². The summed E-state index contributed by atoms with van der Waals surface area (Å²) in [6, 6.07) is 0. The van der Waals surface area contributed by atoms with Crippen molar-refractivity contribution in [2.24, 2.45) is 5.41 Å². The Bertz CT molecular complexity index is 111. The summed E-state index contributed by atoms with van der Waals surface area (Å²) in [5, 5.41) is 0. The molecule has 1 fully saturated rings. The molecule has 72 valence electrons. The van der Waals surface area contributed by atoms with Gasteiger partial charge in [-0.15, -0.1) is 6.42 Å². The molecular weight excluding hydrogens is 144 g/mol. The minimum absolute atomic E-state index is 0.645. The Labute approximate surface area is 77.7 Å². The zero-order valence-electron chi connectivity index (χ0n) is 8.73. The van der Waals surface area contributed by atoms with Crippen LogP contribution in [0.4, 0.5) is 0 Å². The second-order valence-corrected chi connectivity index (χ2v) is 4.56. The molecule has 1 atom stereocenters. The molecule has 1 unspecified atom stereocenters. The summed E-state index contributed by atoms with van der Waals surface area (Å²) >= 11 is 0. The van der Waals surface area contributed by atoms with Crippen molar-refractivity contribution in [2.75, 3.05) is 0 Å². The van der Waals surface area contributed by atoms with Gasteiger partial charge < -0.3 is 6.42 Å². The van der Waals surface area contributed by atoms with Crippen molar-refractivity contribution in [2.45, 2.75) is 65.2 Å². The lowest BCUT2D eigenvalue weighted by molar-refractivity contribution is 0.231. The fraction of sp³-hybridized carbons (Fsp3) is 0.917. The highest BCUT2D eigenvalue weighted by atomic mass is 14.4. The predicted octanol–water partition coefficient (Wildman–Crippen LogP) is 4.35. The van der Waals surface area contributed by atoms with Gasteiger partial charge in [-0.3, -0.25) is 0 Å². The predicted molar refractivity (Wildman–Crippen MR) is 55.0 cm³/mol. The van der Waals surface area contributed by atoms with Crippen molar-refractivity contribution < 1.29 is 0 Å². The van der Waals surface area contributed by atoms with E-state index in [1.807, 2.05) is 0 Å². The monoisotopic (exact) mass is 167 g/mol. The third kappa shape index (κ3) is 3.16. The van der Waals surface area contributed by atoms with Crippen LogP contribution in [0.15, 0.2) is 0 Å². The summed E-state index contributed by atoms with van der Waals surface area (Å²) in [4.78, 5) is 0. The van der Waals surface area contributed by atoms with Crippen LogP contribution in [0, 0.1) is 11.8 Å². The van der Waals surface area contributed by atoms with E-state index in [2.05, 4.69) is 20.3 Å². The lowest BCUT2D eigenvalue weighted by Crippen LogP contribution is -2.25. The van der Waals surface area contributed by atoms with E-state index in [4.69, 9.17) is 0 Å². The maximum atomic E-state index is 2.51. The highest BCUT2D eigenvalue weighted by Crippen LogP contribution is 2.43. The van der Waals surface area contributed by atoms with E-state index in [1.54, 1.807) is 0 Å². The summed E-state index contributed by atoms with van der Waals surface area (Å²) in [6.07, 6.45) is 13.9. The second kappa shape index (κ2) is 4.89. The molecule has 12 heavy (non-hydrogen) atoms. The Morgan fingerprint density at radius 1 is 1.17 bits per heavy atom. The molecular formula is C12H23-. The van der Waals surface area contributed by atoms with Crippen molar-refractivity contribution >= 4 is 0 Å². The zero-order chi connectivity index (χ0) is 8.86. The first kappa shape index (κ1) is 10.1. The van der Waals surface area contributed by atoms with Crippen molar-refractivity contribution in [1.82, 2.24) is 0 Å². The molecule has 0 radical (unpaired) electrons. The molecule has 0 aromatic rings. The maximum Gasteiger partial charge on any atom is -0.0533 e. The summed E-state index contributed by atoms with van der Waals surface area (Å²) < 4.78 is 0. The largest absolute Gasteiger partial charge is 0.323 e. The highest BCUT2D eigenvalue weighted by molar-refractivity contribution is 4.98. The summed E-state index contributed by atoms with van der Waals surface area (Å²) in [7, 11) is 0. The van der Waals surface area contributed by atoms with Gasteiger partial charge in [0.05, 0.1) is 0 Å². The third-order valence-corrected chi connectivity index (χ3v) is 3.20. The van der Waals surface area contributed by atoms with Crippen LogP contribution in [0.2, 0.25) is 0 Å². The van der Waals surface area contributed by atoms with Gasteiger partial charge in [-0.2, -0.15) is 11.8 Å². The average Bonchev–Trinajstić information content (AvgIpc) is 2.01. The lowest BCUT2D eigenvalue weighted by Gasteiger charge is -2.50. The Balaban J connectivity index is 1.88. The summed E-state index contributed by atoms with van der Waals surface area (Å²) in [5.74, 6) is 0. The molecule has 0 amide bonds. The van der Waals surface area contributed by atoms with Crippen LogP contribution >= 0.6 is 0 Å². The zero-order valence-corrected chi connectivity index (χ0v) is 8.73. The topological polar surface area (TPSA) is 0 Å². The van der Waals surface area contributed by atoms with E-state index in [0.717, 1.165) is 0 Å². The third-order valence-electron chi connectivity index (χ3n) is 3.20. The molecule has 0 aliphatic heterocycles. The van der Waals surface area contributed by atoms with Gasteiger partial charge >= 0.3 is 0 Å². The maximum absolute atomic E-state index is 2.51. The number of hydrogen-bond acceptors (Lipinski definition) is 0. The molecule has 1 aliphatic rings. The van der Waals surface area contributed by atoms with Gasteiger partial charge in [-0.05, 0) is 0 Å². The van der Waals surface area contributed by atoms with Gasteiger partial charge in [-0.1, -0.05) is 52.4 Å². The molecule has 0 aromatic heterocycles. The molecule has 0 heterocycles. The van der Waals surface area contributed by atoms with Crippen molar-refractivity contribution in [3.8, 4) is 0 Å². The van der Waals surface area contributed by atoms with Crippen molar-refractivity contribution in [3.63, 3.8) is 0 Å². The molecule has 0 bridgehead atoms. The van der Waals surface area contributed by atoms with Gasteiger partial charge in [0, 0.05) is 0 Å². The first-order valence-corrected chi connectivity index (χ1v) is 5.61. The number of unbranched alkanes of at least 4 members (excludes halogenated alkanes) is 4. The van der Waals surface area contributed by atoms with Crippen LogP contribution in [0.1, 0.15) is 65.2 Å². The molecule has 1 saturated carbocycles. The fourth-order valence-electron chi connectivity index (χ4n) is 2.00. The SMILES string of the molecule is CCCCCCCC1(C)[CH-]CC1. The Hall–Kier alpha value is 0. The van der Waals surface area contributed by atoms with E-state index < -0.39 is 0 Å². The minimum atomic E-state index is 0.645. The standard InChI is InChI=1S/C12H23/c1-3-4-5-6-7-9-12(2)10-8-11-12/h10H,3-9,11H2,1-2H3/q-1. The molecule has 0 heteroatoms. The van der Waals surface area contributed by atoms with Crippen LogP contribution in [0.5, 0.6) is 0 Å². The number of hydrogen-bond donors (Lipinski definition) is 0. The van der Waals surface area contributed by atoms with Gasteiger partial charge in [0.25, 0.3) is 0 Å². The van der Waals surface area contributed by atoms with Gasteiger partial charge in [0.15, 0.2) is 0 Å². The van der Waals surface area contributed by atoms with Crippen LogP contribution in [-0.4, -0.2) is 0 Å². The van der Waals surface area contributed by atoms with E-state index in [1.165, 1.54) is 51.4 Å². The van der Waals surface area contributed by atoms with Crippen molar-refractivity contribution in [3.05, 3.63) is 6.42 Å². The van der Waals surface area contributed by atoms with E-state index in [-0.39, 0.29) is 0 Å². The minimum Gasteiger partial charge on any atom is -0.323 e. The van der Waals surface area contributed by atoms with Gasteiger partial charge in [0.2, 0.25) is 0 Å². The highest BCUT2D eigenvalue weighted by Gasteiger charge is 2.19. The quantitative estimate of drug-likeness (QED) is 0.407. The van der Waals surface area contributed by atoms with Gasteiger partial charge in [0.1, 0.15) is 0 Å². The fourth-order valence-corrected chi connectivity index (χ4v) is 2.00. The molecule has 0 nitrogen and oxygen atoms in total. The van der Waals surface area contributed by atoms with Crippen LogP contribution in [0.3, 0.4) is 0 Å². The van der Waals surface area contributed by atoms with Crippen LogP contribution in [0.25, 0.3) is 0 Å². The van der Waals surface area contributed by atoms with E-state index in [0.29, 0.717) is 5.41 Å². The molecule has 1 aliphatic carbocycles. The molecule has 0 saturated heterocycles. The molecule has 1 rings (SSSR count). The first-order valence-electron chi connectivity index (χ1n) is 5.61. The molecule has 0 aromatic carbocycles. The van der Waals surface area contributed by atoms with E-state index >= 15 is 0 Å².